The summed E-state index contributed by atoms with van der Waals surface area (Å²) in [5.41, 5.74) is 2.28. The number of aromatic nitrogens is 1. The average Bonchev–Trinajstić information content (AvgIpc) is 2.67. The molecule has 148 valence electrons. The van der Waals surface area contributed by atoms with Crippen LogP contribution in [0, 0.1) is 0 Å². The molecule has 0 bridgehead atoms. The van der Waals surface area contributed by atoms with E-state index in [1.54, 1.807) is 19.5 Å². The van der Waals surface area contributed by atoms with E-state index < -0.39 is 6.10 Å². The van der Waals surface area contributed by atoms with E-state index in [1.165, 1.54) is 5.56 Å². The summed E-state index contributed by atoms with van der Waals surface area (Å²) in [4.78, 5) is 6.11. The summed E-state index contributed by atoms with van der Waals surface area (Å²) in [6.07, 6.45) is 3.02. The fourth-order valence-corrected chi connectivity index (χ4v) is 2.58. The van der Waals surface area contributed by atoms with E-state index in [-0.39, 0.29) is 6.61 Å². The molecule has 6 heteroatoms. The summed E-state index contributed by atoms with van der Waals surface area (Å²) < 4.78 is 11.2. The highest BCUT2D eigenvalue weighted by Gasteiger charge is 2.13. The third-order valence-corrected chi connectivity index (χ3v) is 4.45. The van der Waals surface area contributed by atoms with Crippen molar-refractivity contribution >= 4 is 0 Å². The highest BCUT2D eigenvalue weighted by molar-refractivity contribution is 5.43. The summed E-state index contributed by atoms with van der Waals surface area (Å²) >= 11 is 0. The molecule has 0 saturated carbocycles. The minimum atomic E-state index is -0.560. The van der Waals surface area contributed by atoms with Gasteiger partial charge in [0.05, 0.1) is 7.11 Å². The number of nitrogens with one attached hydrogen (secondary N) is 1. The molecule has 0 saturated heterocycles. The number of aliphatic hydroxyl groups excluding tert-OH is 1. The largest absolute Gasteiger partial charge is 0.493 e. The van der Waals surface area contributed by atoms with Crippen LogP contribution in [0.3, 0.4) is 0 Å². The van der Waals surface area contributed by atoms with Crippen LogP contribution in [0.2, 0.25) is 0 Å². The van der Waals surface area contributed by atoms with Gasteiger partial charge in [0.2, 0.25) is 0 Å². The van der Waals surface area contributed by atoms with E-state index in [2.05, 4.69) is 29.0 Å². The molecule has 0 amide bonds. The van der Waals surface area contributed by atoms with Gasteiger partial charge in [-0.3, -0.25) is 4.98 Å². The molecule has 1 aromatic heterocycles. The van der Waals surface area contributed by atoms with E-state index in [4.69, 9.17) is 9.47 Å². The quantitative estimate of drug-likeness (QED) is 0.631. The minimum absolute atomic E-state index is 0.224. The van der Waals surface area contributed by atoms with Gasteiger partial charge in [-0.1, -0.05) is 6.07 Å². The number of hydrogen-bond donors (Lipinski definition) is 2. The predicted molar refractivity (Wildman–Crippen MR) is 107 cm³/mol. The highest BCUT2D eigenvalue weighted by atomic mass is 16.5. The second-order valence-electron chi connectivity index (χ2n) is 6.94. The highest BCUT2D eigenvalue weighted by Crippen LogP contribution is 2.28. The van der Waals surface area contributed by atoms with E-state index in [0.29, 0.717) is 30.6 Å². The van der Waals surface area contributed by atoms with Gasteiger partial charge in [0.15, 0.2) is 11.5 Å². The van der Waals surface area contributed by atoms with Crippen molar-refractivity contribution in [2.24, 2.45) is 0 Å². The maximum Gasteiger partial charge on any atom is 0.161 e. The third-order valence-electron chi connectivity index (χ3n) is 4.45. The van der Waals surface area contributed by atoms with Gasteiger partial charge in [-0.05, 0) is 56.3 Å². The Bertz CT molecular complexity index is 680. The van der Waals surface area contributed by atoms with Crippen LogP contribution in [-0.4, -0.2) is 54.4 Å². The van der Waals surface area contributed by atoms with E-state index >= 15 is 0 Å². The topological polar surface area (TPSA) is 66.8 Å². The van der Waals surface area contributed by atoms with Gasteiger partial charge in [-0.15, -0.1) is 0 Å². The molecule has 0 unspecified atom stereocenters. The molecule has 6 nitrogen and oxygen atoms in total. The zero-order valence-electron chi connectivity index (χ0n) is 16.7. The first-order valence-corrected chi connectivity index (χ1v) is 9.27. The number of rotatable bonds is 11. The fraction of sp³-hybridized carbons (Fsp3) is 0.476. The molecule has 0 aliphatic heterocycles. The van der Waals surface area contributed by atoms with Gasteiger partial charge in [0, 0.05) is 38.1 Å². The Labute approximate surface area is 162 Å². The lowest BCUT2D eigenvalue weighted by atomic mass is 10.2. The first-order valence-electron chi connectivity index (χ1n) is 9.27. The average molecular weight is 373 g/mol. The zero-order chi connectivity index (χ0) is 19.6. The molecule has 27 heavy (non-hydrogen) atoms. The Hall–Kier alpha value is -2.15. The molecule has 2 aromatic rings. The van der Waals surface area contributed by atoms with Gasteiger partial charge in [0.25, 0.3) is 0 Å². The number of ether oxygens (including phenoxy) is 2. The molecule has 0 aliphatic rings. The summed E-state index contributed by atoms with van der Waals surface area (Å²) in [6.45, 7) is 6.46. The Morgan fingerprint density at radius 2 is 1.78 bits per heavy atom. The van der Waals surface area contributed by atoms with Crippen molar-refractivity contribution in [3.63, 3.8) is 0 Å². The molecule has 2 rings (SSSR count). The van der Waals surface area contributed by atoms with Crippen molar-refractivity contribution in [2.45, 2.75) is 39.1 Å². The maximum absolute atomic E-state index is 10.2. The Kier molecular flexibility index (Phi) is 8.51. The van der Waals surface area contributed by atoms with Crippen LogP contribution in [0.4, 0.5) is 0 Å². The SMILES string of the molecule is COc1ccc(CNCc2ccncc2)cc1OC[C@@H](O)CN(C)C(C)C. The molecule has 2 N–H and O–H groups in total. The monoisotopic (exact) mass is 373 g/mol. The number of likely N-dealkylation sites (N-methyl/N-ethyl adjacent to an activating group) is 1. The van der Waals surface area contributed by atoms with E-state index in [1.807, 2.05) is 37.4 Å². The molecular formula is C21H31N3O3. The van der Waals surface area contributed by atoms with Crippen LogP contribution < -0.4 is 14.8 Å². The van der Waals surface area contributed by atoms with E-state index in [9.17, 15) is 5.11 Å². The number of aliphatic hydroxyl groups is 1. The number of benzene rings is 1. The third kappa shape index (κ3) is 7.17. The van der Waals surface area contributed by atoms with Crippen molar-refractivity contribution in [1.82, 2.24) is 15.2 Å². The van der Waals surface area contributed by atoms with Crippen molar-refractivity contribution in [1.29, 1.82) is 0 Å². The Balaban J connectivity index is 1.90. The molecule has 1 atom stereocenters. The molecule has 1 aromatic carbocycles. The normalized spacial score (nSPS) is 12.4. The number of methoxy groups -OCH3 is 1. The van der Waals surface area contributed by atoms with Gasteiger partial charge in [-0.25, -0.2) is 0 Å². The molecule has 0 aliphatic carbocycles. The summed E-state index contributed by atoms with van der Waals surface area (Å²) in [5, 5.41) is 13.6. The van der Waals surface area contributed by atoms with Crippen molar-refractivity contribution in [3.8, 4) is 11.5 Å². The minimum Gasteiger partial charge on any atom is -0.493 e. The number of pyridine rings is 1. The number of hydrogen-bond acceptors (Lipinski definition) is 6. The van der Waals surface area contributed by atoms with Crippen LogP contribution in [0.5, 0.6) is 11.5 Å². The summed E-state index contributed by atoms with van der Waals surface area (Å²) in [7, 11) is 3.61. The Morgan fingerprint density at radius 3 is 2.44 bits per heavy atom. The lowest BCUT2D eigenvalue weighted by Gasteiger charge is -2.24. The fourth-order valence-electron chi connectivity index (χ4n) is 2.58. The molecule has 0 fully saturated rings. The predicted octanol–water partition coefficient (Wildman–Crippen LogP) is 2.46. The van der Waals surface area contributed by atoms with Crippen molar-refractivity contribution in [2.75, 3.05) is 27.3 Å². The van der Waals surface area contributed by atoms with Crippen LogP contribution in [0.1, 0.15) is 25.0 Å². The van der Waals surface area contributed by atoms with Gasteiger partial charge in [-0.2, -0.15) is 0 Å². The van der Waals surface area contributed by atoms with Crippen molar-refractivity contribution in [3.05, 3.63) is 53.9 Å². The number of nitrogens with zero attached hydrogens (tertiary/aromatic N) is 2. The lowest BCUT2D eigenvalue weighted by molar-refractivity contribution is 0.0668. The summed E-state index contributed by atoms with van der Waals surface area (Å²) in [5.74, 6) is 1.31. The molecule has 1 heterocycles. The van der Waals surface area contributed by atoms with Crippen molar-refractivity contribution < 1.29 is 14.6 Å². The van der Waals surface area contributed by atoms with Crippen LogP contribution >= 0.6 is 0 Å². The van der Waals surface area contributed by atoms with E-state index in [0.717, 1.165) is 12.1 Å². The van der Waals surface area contributed by atoms with Crippen LogP contribution in [0.15, 0.2) is 42.7 Å². The first kappa shape index (κ1) is 21.2. The Morgan fingerprint density at radius 1 is 1.07 bits per heavy atom. The van der Waals surface area contributed by atoms with Gasteiger partial charge < -0.3 is 24.8 Å². The molecule has 0 spiro atoms. The van der Waals surface area contributed by atoms with Gasteiger partial charge >= 0.3 is 0 Å². The first-order chi connectivity index (χ1) is 13.0. The maximum atomic E-state index is 10.2. The zero-order valence-corrected chi connectivity index (χ0v) is 16.7. The second kappa shape index (κ2) is 10.9. The standard InChI is InChI=1S/C21H31N3O3/c1-16(2)24(3)14-19(25)15-27-21-11-18(5-6-20(21)26-4)13-23-12-17-7-9-22-10-8-17/h5-11,16,19,23,25H,12-15H2,1-4H3/t19-/m0/s1. The van der Waals surface area contributed by atoms with Crippen LogP contribution in [-0.2, 0) is 13.1 Å². The second-order valence-corrected chi connectivity index (χ2v) is 6.94. The summed E-state index contributed by atoms with van der Waals surface area (Å²) in [6, 6.07) is 10.2. The molecule has 0 radical (unpaired) electrons. The van der Waals surface area contributed by atoms with Crippen LogP contribution in [0.25, 0.3) is 0 Å². The van der Waals surface area contributed by atoms with Gasteiger partial charge in [0.1, 0.15) is 12.7 Å². The lowest BCUT2D eigenvalue weighted by Crippen LogP contribution is -2.37. The molecular weight excluding hydrogens is 342 g/mol. The smallest absolute Gasteiger partial charge is 0.161 e.